The molecule has 2 aromatic carbocycles. The third kappa shape index (κ3) is 3.80. The van der Waals surface area contributed by atoms with Gasteiger partial charge in [-0.2, -0.15) is 11.3 Å². The summed E-state index contributed by atoms with van der Waals surface area (Å²) in [7, 11) is 0. The first-order valence-corrected chi connectivity index (χ1v) is 7.15. The Balaban J connectivity index is 0.000000247. The minimum absolute atomic E-state index is 0.394. The molecular formula is C17H15NOS. The molecule has 0 saturated carbocycles. The summed E-state index contributed by atoms with van der Waals surface area (Å²) in [6.45, 7) is 0. The van der Waals surface area contributed by atoms with Crippen molar-refractivity contribution < 1.29 is 4.79 Å². The molecule has 2 nitrogen and oxygen atoms in total. The van der Waals surface area contributed by atoms with Crippen LogP contribution in [0.1, 0.15) is 10.4 Å². The van der Waals surface area contributed by atoms with Crippen LogP contribution in [0, 0.1) is 0 Å². The predicted molar refractivity (Wildman–Crippen MR) is 84.7 cm³/mol. The summed E-state index contributed by atoms with van der Waals surface area (Å²) in [5, 5.41) is 4.08. The molecule has 3 aromatic rings. The molecule has 100 valence electrons. The van der Waals surface area contributed by atoms with Crippen LogP contribution in [0.15, 0.2) is 77.5 Å². The summed E-state index contributed by atoms with van der Waals surface area (Å²) < 4.78 is 0. The van der Waals surface area contributed by atoms with Crippen LogP contribution in [0.4, 0.5) is 0 Å². The van der Waals surface area contributed by atoms with Crippen molar-refractivity contribution in [2.45, 2.75) is 0 Å². The third-order valence-corrected chi connectivity index (χ3v) is 3.33. The normalized spacial score (nSPS) is 9.40. The van der Waals surface area contributed by atoms with Crippen molar-refractivity contribution >= 4 is 17.2 Å². The van der Waals surface area contributed by atoms with E-state index in [4.69, 9.17) is 5.73 Å². The van der Waals surface area contributed by atoms with Crippen molar-refractivity contribution in [2.75, 3.05) is 0 Å². The van der Waals surface area contributed by atoms with E-state index in [1.165, 1.54) is 0 Å². The highest BCUT2D eigenvalue weighted by Crippen LogP contribution is 2.22. The van der Waals surface area contributed by atoms with Crippen LogP contribution >= 0.6 is 11.3 Å². The molecule has 0 fully saturated rings. The molecule has 0 bridgehead atoms. The molecule has 1 amide bonds. The molecule has 3 heteroatoms. The minimum Gasteiger partial charge on any atom is -0.366 e. The van der Waals surface area contributed by atoms with Crippen molar-refractivity contribution in [1.82, 2.24) is 0 Å². The van der Waals surface area contributed by atoms with Gasteiger partial charge >= 0.3 is 0 Å². The van der Waals surface area contributed by atoms with Crippen LogP contribution in [0.2, 0.25) is 0 Å². The van der Waals surface area contributed by atoms with Gasteiger partial charge in [-0.15, -0.1) is 0 Å². The molecule has 0 atom stereocenters. The summed E-state index contributed by atoms with van der Waals surface area (Å²) >= 11 is 1.71. The quantitative estimate of drug-likeness (QED) is 0.751. The Hall–Kier alpha value is -2.39. The van der Waals surface area contributed by atoms with Gasteiger partial charge in [0.15, 0.2) is 0 Å². The van der Waals surface area contributed by atoms with Gasteiger partial charge in [0.1, 0.15) is 0 Å². The van der Waals surface area contributed by atoms with E-state index in [1.54, 1.807) is 17.4 Å². The third-order valence-electron chi connectivity index (χ3n) is 2.70. The van der Waals surface area contributed by atoms with E-state index in [1.807, 2.05) is 71.4 Å². The van der Waals surface area contributed by atoms with E-state index in [0.717, 1.165) is 11.1 Å². The van der Waals surface area contributed by atoms with Crippen molar-refractivity contribution in [3.63, 3.8) is 0 Å². The van der Waals surface area contributed by atoms with Crippen molar-refractivity contribution in [1.29, 1.82) is 0 Å². The second-order valence-corrected chi connectivity index (χ2v) is 4.89. The number of carbonyl (C=O) groups is 1. The Morgan fingerprint density at radius 1 is 0.800 bits per heavy atom. The molecule has 1 aromatic heterocycles. The monoisotopic (exact) mass is 281 g/mol. The number of nitrogens with two attached hydrogens (primary N) is 1. The van der Waals surface area contributed by atoms with Gasteiger partial charge in [-0.25, -0.2) is 0 Å². The second kappa shape index (κ2) is 7.26. The van der Waals surface area contributed by atoms with Gasteiger partial charge in [-0.05, 0) is 28.0 Å². The van der Waals surface area contributed by atoms with Crippen molar-refractivity contribution in [2.24, 2.45) is 5.73 Å². The number of rotatable bonds is 2. The fourth-order valence-corrected chi connectivity index (χ4v) is 2.25. The Bertz CT molecular complexity index is 631. The molecule has 0 radical (unpaired) electrons. The Kier molecular flexibility index (Phi) is 5.09. The highest BCUT2D eigenvalue weighted by molar-refractivity contribution is 7.07. The molecule has 20 heavy (non-hydrogen) atoms. The molecule has 0 aliphatic rings. The lowest BCUT2D eigenvalue weighted by Gasteiger charge is -2.05. The summed E-state index contributed by atoms with van der Waals surface area (Å²) in [4.78, 5) is 11.2. The van der Waals surface area contributed by atoms with Gasteiger partial charge in [-0.3, -0.25) is 4.79 Å². The molecule has 0 unspecified atom stereocenters. The lowest BCUT2D eigenvalue weighted by molar-refractivity contribution is 0.100. The van der Waals surface area contributed by atoms with E-state index in [2.05, 4.69) is 0 Å². The Morgan fingerprint density at radius 2 is 1.40 bits per heavy atom. The Labute approximate surface area is 122 Å². The highest BCUT2D eigenvalue weighted by Gasteiger charge is 2.07. The zero-order chi connectivity index (χ0) is 14.2. The molecule has 1 heterocycles. The highest BCUT2D eigenvalue weighted by atomic mass is 32.1. The first-order chi connectivity index (χ1) is 9.79. The lowest BCUT2D eigenvalue weighted by Crippen LogP contribution is -2.12. The number of carbonyl (C=O) groups excluding carboxylic acids is 1. The first kappa shape index (κ1) is 14.0. The lowest BCUT2D eigenvalue weighted by atomic mass is 9.99. The van der Waals surface area contributed by atoms with Gasteiger partial charge in [0.25, 0.3) is 0 Å². The van der Waals surface area contributed by atoms with E-state index in [9.17, 15) is 4.79 Å². The summed E-state index contributed by atoms with van der Waals surface area (Å²) in [5.41, 5.74) is 7.76. The molecule has 3 rings (SSSR count). The second-order valence-electron chi connectivity index (χ2n) is 4.07. The van der Waals surface area contributed by atoms with Crippen LogP contribution < -0.4 is 5.73 Å². The number of hydrogen-bond acceptors (Lipinski definition) is 2. The van der Waals surface area contributed by atoms with Gasteiger partial charge in [0, 0.05) is 5.56 Å². The van der Waals surface area contributed by atoms with Gasteiger partial charge < -0.3 is 5.73 Å². The van der Waals surface area contributed by atoms with Crippen molar-refractivity contribution in [3.05, 3.63) is 83.1 Å². The SMILES string of the molecule is NC(=O)c1ccccc1-c1ccccc1.c1ccsc1. The van der Waals surface area contributed by atoms with E-state index in [0.29, 0.717) is 5.56 Å². The van der Waals surface area contributed by atoms with Gasteiger partial charge in [-0.1, -0.05) is 60.7 Å². The largest absolute Gasteiger partial charge is 0.366 e. The standard InChI is InChI=1S/C13H11NO.C4H4S/c14-13(15)12-9-5-4-8-11(12)10-6-2-1-3-7-10;1-2-4-5-3-1/h1-9H,(H2,14,15);1-4H. The molecule has 2 N–H and O–H groups in total. The zero-order valence-electron chi connectivity index (χ0n) is 10.9. The van der Waals surface area contributed by atoms with Gasteiger partial charge in [0.05, 0.1) is 0 Å². The van der Waals surface area contributed by atoms with Crippen LogP contribution in [-0.2, 0) is 0 Å². The van der Waals surface area contributed by atoms with Gasteiger partial charge in [0.2, 0.25) is 5.91 Å². The number of benzene rings is 2. The number of primary amides is 1. The molecule has 0 aliphatic carbocycles. The number of hydrogen-bond donors (Lipinski definition) is 1. The maximum atomic E-state index is 11.2. The van der Waals surface area contributed by atoms with Crippen molar-refractivity contribution in [3.8, 4) is 11.1 Å². The average molecular weight is 281 g/mol. The van der Waals surface area contributed by atoms with Crippen LogP contribution in [0.5, 0.6) is 0 Å². The minimum atomic E-state index is -0.394. The maximum absolute atomic E-state index is 11.2. The smallest absolute Gasteiger partial charge is 0.249 e. The fourth-order valence-electron chi connectivity index (χ4n) is 1.79. The summed E-state index contributed by atoms with van der Waals surface area (Å²) in [5.74, 6) is -0.394. The number of amides is 1. The summed E-state index contributed by atoms with van der Waals surface area (Å²) in [6.07, 6.45) is 0. The zero-order valence-corrected chi connectivity index (χ0v) is 11.7. The van der Waals surface area contributed by atoms with Crippen LogP contribution in [0.25, 0.3) is 11.1 Å². The average Bonchev–Trinajstić information content (AvgIpc) is 3.08. The van der Waals surface area contributed by atoms with E-state index >= 15 is 0 Å². The molecule has 0 aliphatic heterocycles. The summed E-state index contributed by atoms with van der Waals surface area (Å²) in [6, 6.07) is 21.1. The molecule has 0 spiro atoms. The topological polar surface area (TPSA) is 43.1 Å². The first-order valence-electron chi connectivity index (χ1n) is 6.20. The molecule has 0 saturated heterocycles. The van der Waals surface area contributed by atoms with E-state index in [-0.39, 0.29) is 0 Å². The Morgan fingerprint density at radius 3 is 1.95 bits per heavy atom. The predicted octanol–water partition coefficient (Wildman–Crippen LogP) is 4.20. The van der Waals surface area contributed by atoms with E-state index < -0.39 is 5.91 Å². The maximum Gasteiger partial charge on any atom is 0.249 e. The fraction of sp³-hybridized carbons (Fsp3) is 0. The molecular weight excluding hydrogens is 266 g/mol. The van der Waals surface area contributed by atoms with Crippen LogP contribution in [0.3, 0.4) is 0 Å². The van der Waals surface area contributed by atoms with Crippen LogP contribution in [-0.4, -0.2) is 5.91 Å². The number of thiophene rings is 1.